The van der Waals surface area contributed by atoms with Crippen LogP contribution in [0.5, 0.6) is 11.5 Å². The Labute approximate surface area is 207 Å². The van der Waals surface area contributed by atoms with E-state index in [9.17, 15) is 5.26 Å². The fourth-order valence-electron chi connectivity index (χ4n) is 4.04. The first kappa shape index (κ1) is 21.5. The molecule has 1 aliphatic carbocycles. The van der Waals surface area contributed by atoms with Crippen LogP contribution in [0.2, 0.25) is 0 Å². The van der Waals surface area contributed by atoms with Crippen LogP contribution < -0.4 is 10.5 Å². The predicted molar refractivity (Wildman–Crippen MR) is 137 cm³/mol. The number of anilines is 1. The highest BCUT2D eigenvalue weighted by Crippen LogP contribution is 2.35. The van der Waals surface area contributed by atoms with Gasteiger partial charge in [-0.25, -0.2) is 14.6 Å². The molecule has 1 aliphatic rings. The van der Waals surface area contributed by atoms with Crippen LogP contribution in [0.3, 0.4) is 0 Å². The second kappa shape index (κ2) is 8.96. The van der Waals surface area contributed by atoms with Crippen molar-refractivity contribution in [2.24, 2.45) is 5.92 Å². The van der Waals surface area contributed by atoms with Crippen LogP contribution in [-0.4, -0.2) is 24.7 Å². The van der Waals surface area contributed by atoms with E-state index < -0.39 is 0 Å². The minimum atomic E-state index is 0.339. The Morgan fingerprint density at radius 2 is 1.78 bits per heavy atom. The molecule has 8 nitrogen and oxygen atoms in total. The summed E-state index contributed by atoms with van der Waals surface area (Å²) < 4.78 is 7.64. The topological polar surface area (TPSA) is 116 Å². The highest BCUT2D eigenvalue weighted by molar-refractivity contribution is 5.99. The highest BCUT2D eigenvalue weighted by Gasteiger charge is 2.21. The average Bonchev–Trinajstić information content (AvgIpc) is 3.66. The van der Waals surface area contributed by atoms with Crippen LogP contribution in [0.1, 0.15) is 18.5 Å². The van der Waals surface area contributed by atoms with Gasteiger partial charge in [-0.05, 0) is 67.3 Å². The van der Waals surface area contributed by atoms with Gasteiger partial charge in [-0.2, -0.15) is 10.4 Å². The average molecular weight is 472 g/mol. The number of ether oxygens (including phenoxy) is 1. The lowest BCUT2D eigenvalue weighted by Crippen LogP contribution is -2.01. The molecule has 0 atom stereocenters. The zero-order valence-corrected chi connectivity index (χ0v) is 19.2. The Kier molecular flexibility index (Phi) is 5.35. The van der Waals surface area contributed by atoms with Crippen molar-refractivity contribution >= 4 is 22.4 Å². The van der Waals surface area contributed by atoms with Crippen molar-refractivity contribution in [3.63, 3.8) is 0 Å². The molecule has 1 fully saturated rings. The summed E-state index contributed by atoms with van der Waals surface area (Å²) >= 11 is 0. The summed E-state index contributed by atoms with van der Waals surface area (Å²) in [5, 5.41) is 15.2. The van der Waals surface area contributed by atoms with Gasteiger partial charge >= 0.3 is 0 Å². The first-order valence-electron chi connectivity index (χ1n) is 11.6. The van der Waals surface area contributed by atoms with E-state index in [0.717, 1.165) is 29.8 Å². The van der Waals surface area contributed by atoms with Gasteiger partial charge < -0.3 is 10.5 Å². The SMILES string of the molecule is N#CC(=CC1CC1)c1cc(-n2nc(-c3ccc(Oc4ccccc4)cc3)c3c(N)ncnc32)ccn1. The molecule has 36 heavy (non-hydrogen) atoms. The van der Waals surface area contributed by atoms with Gasteiger partial charge in [0.05, 0.1) is 22.3 Å². The van der Waals surface area contributed by atoms with Crippen LogP contribution in [0, 0.1) is 17.2 Å². The highest BCUT2D eigenvalue weighted by atomic mass is 16.5. The number of fused-ring (bicyclic) bond motifs is 1. The van der Waals surface area contributed by atoms with Crippen molar-refractivity contribution in [1.29, 1.82) is 5.26 Å². The van der Waals surface area contributed by atoms with E-state index >= 15 is 0 Å². The van der Waals surface area contributed by atoms with Gasteiger partial charge in [-0.3, -0.25) is 4.98 Å². The van der Waals surface area contributed by atoms with Gasteiger partial charge in [0.15, 0.2) is 5.65 Å². The van der Waals surface area contributed by atoms with Crippen LogP contribution in [0.25, 0.3) is 33.6 Å². The molecule has 0 unspecified atom stereocenters. The van der Waals surface area contributed by atoms with Gasteiger partial charge in [0.25, 0.3) is 0 Å². The largest absolute Gasteiger partial charge is 0.457 e. The summed E-state index contributed by atoms with van der Waals surface area (Å²) in [7, 11) is 0. The normalized spacial score (nSPS) is 13.5. The number of hydrogen-bond acceptors (Lipinski definition) is 7. The van der Waals surface area contributed by atoms with Crippen LogP contribution in [0.15, 0.2) is 85.3 Å². The molecular weight excluding hydrogens is 450 g/mol. The van der Waals surface area contributed by atoms with E-state index in [4.69, 9.17) is 15.6 Å². The van der Waals surface area contributed by atoms with E-state index in [1.54, 1.807) is 10.9 Å². The number of nitriles is 1. The van der Waals surface area contributed by atoms with Crippen LogP contribution >= 0.6 is 0 Å². The third kappa shape index (κ3) is 4.14. The Morgan fingerprint density at radius 3 is 2.53 bits per heavy atom. The fraction of sp³-hybridized carbons (Fsp3) is 0.107. The molecule has 174 valence electrons. The molecule has 2 N–H and O–H groups in total. The second-order valence-corrected chi connectivity index (χ2v) is 8.59. The van der Waals surface area contributed by atoms with Crippen molar-refractivity contribution < 1.29 is 4.74 Å². The van der Waals surface area contributed by atoms with Gasteiger partial charge in [0.1, 0.15) is 35.4 Å². The van der Waals surface area contributed by atoms with E-state index in [-0.39, 0.29) is 0 Å². The van der Waals surface area contributed by atoms with Crippen molar-refractivity contribution in [2.75, 3.05) is 5.73 Å². The van der Waals surface area contributed by atoms with Crippen LogP contribution in [-0.2, 0) is 0 Å². The van der Waals surface area contributed by atoms with Crippen molar-refractivity contribution in [1.82, 2.24) is 24.7 Å². The first-order chi connectivity index (χ1) is 17.7. The molecule has 0 spiro atoms. The zero-order valence-electron chi connectivity index (χ0n) is 19.2. The van der Waals surface area contributed by atoms with E-state index in [1.165, 1.54) is 6.33 Å². The molecule has 1 saturated carbocycles. The fourth-order valence-corrected chi connectivity index (χ4v) is 4.04. The molecule has 3 heterocycles. The minimum absolute atomic E-state index is 0.339. The summed E-state index contributed by atoms with van der Waals surface area (Å²) in [6, 6.07) is 23.2. The standard InChI is InChI=1S/C28H21N7O/c29-16-20(14-18-6-7-18)24-15-21(12-13-31-24)35-28-25(27(30)32-17-33-28)26(34-35)19-8-10-23(11-9-19)36-22-4-2-1-3-5-22/h1-5,8-15,17-18H,6-7H2,(H2,30,32,33). The lowest BCUT2D eigenvalue weighted by Gasteiger charge is -2.06. The summed E-state index contributed by atoms with van der Waals surface area (Å²) in [6.07, 6.45) is 7.33. The smallest absolute Gasteiger partial charge is 0.169 e. The number of pyridine rings is 1. The Morgan fingerprint density at radius 1 is 1.00 bits per heavy atom. The third-order valence-corrected chi connectivity index (χ3v) is 6.01. The quantitative estimate of drug-likeness (QED) is 0.322. The van der Waals surface area contributed by atoms with Crippen molar-refractivity contribution in [3.8, 4) is 34.5 Å². The Balaban J connectivity index is 1.41. The summed E-state index contributed by atoms with van der Waals surface area (Å²) in [6.45, 7) is 0. The molecule has 0 amide bonds. The van der Waals surface area contributed by atoms with Crippen molar-refractivity contribution in [2.45, 2.75) is 12.8 Å². The molecule has 0 aliphatic heterocycles. The third-order valence-electron chi connectivity index (χ3n) is 6.01. The van der Waals surface area contributed by atoms with Gasteiger partial charge in [-0.1, -0.05) is 24.3 Å². The monoisotopic (exact) mass is 471 g/mol. The number of allylic oxidation sites excluding steroid dienone is 2. The van der Waals surface area contributed by atoms with Gasteiger partial charge in [0, 0.05) is 11.8 Å². The van der Waals surface area contributed by atoms with E-state index in [0.29, 0.717) is 45.5 Å². The molecule has 3 aromatic heterocycles. The number of hydrogen-bond donors (Lipinski definition) is 1. The molecule has 8 heteroatoms. The number of para-hydroxylation sites is 1. The van der Waals surface area contributed by atoms with E-state index in [1.807, 2.05) is 72.8 Å². The molecule has 2 aromatic carbocycles. The number of aromatic nitrogens is 5. The summed E-state index contributed by atoms with van der Waals surface area (Å²) in [4.78, 5) is 13.1. The molecule has 0 saturated heterocycles. The predicted octanol–water partition coefficient (Wildman–Crippen LogP) is 5.57. The molecule has 5 aromatic rings. The molecule has 6 rings (SSSR count). The molecule has 0 bridgehead atoms. The summed E-state index contributed by atoms with van der Waals surface area (Å²) in [5.74, 6) is 2.27. The second-order valence-electron chi connectivity index (χ2n) is 8.59. The number of rotatable bonds is 6. The lowest BCUT2D eigenvalue weighted by molar-refractivity contribution is 0.483. The maximum atomic E-state index is 9.67. The number of nitrogens with two attached hydrogens (primary N) is 1. The van der Waals surface area contributed by atoms with Gasteiger partial charge in [0.2, 0.25) is 0 Å². The number of benzene rings is 2. The summed E-state index contributed by atoms with van der Waals surface area (Å²) in [5.41, 5.74) is 10.3. The van der Waals surface area contributed by atoms with Crippen molar-refractivity contribution in [3.05, 3.63) is 91.0 Å². The minimum Gasteiger partial charge on any atom is -0.457 e. The molecular formula is C28H21N7O. The lowest BCUT2D eigenvalue weighted by atomic mass is 10.1. The first-order valence-corrected chi connectivity index (χ1v) is 11.6. The number of nitrogens with zero attached hydrogens (tertiary/aromatic N) is 6. The molecule has 0 radical (unpaired) electrons. The van der Waals surface area contributed by atoms with E-state index in [2.05, 4.69) is 21.0 Å². The van der Waals surface area contributed by atoms with Gasteiger partial charge in [-0.15, -0.1) is 0 Å². The van der Waals surface area contributed by atoms with Crippen LogP contribution in [0.4, 0.5) is 5.82 Å². The zero-order chi connectivity index (χ0) is 24.5. The Hall–Kier alpha value is -5.03. The maximum absolute atomic E-state index is 9.67. The number of nitrogen functional groups attached to an aromatic ring is 1. The Bertz CT molecular complexity index is 1630. The maximum Gasteiger partial charge on any atom is 0.169 e.